The molecule has 182 valence electrons. The quantitative estimate of drug-likeness (QED) is 0.233. The predicted octanol–water partition coefficient (Wildman–Crippen LogP) is 1.97. The highest BCUT2D eigenvalue weighted by atomic mass is 32.2. The van der Waals surface area contributed by atoms with E-state index in [-0.39, 0.29) is 43.7 Å². The number of methoxy groups -OCH3 is 1. The van der Waals surface area contributed by atoms with E-state index in [0.29, 0.717) is 17.8 Å². The highest BCUT2D eigenvalue weighted by Gasteiger charge is 2.32. The molecule has 3 rings (SSSR count). The van der Waals surface area contributed by atoms with Crippen LogP contribution in [0.4, 0.5) is 5.69 Å². The molecule has 0 aliphatic carbocycles. The first-order valence-electron chi connectivity index (χ1n) is 10.7. The number of ether oxygens (including phenoxy) is 1. The number of hydrogen-bond donors (Lipinski definition) is 1. The first kappa shape index (κ1) is 25.4. The molecule has 0 radical (unpaired) electrons. The molecule has 1 aliphatic heterocycles. The largest absolute Gasteiger partial charge is 0.383 e. The van der Waals surface area contributed by atoms with Gasteiger partial charge in [0.2, 0.25) is 0 Å². The van der Waals surface area contributed by atoms with Gasteiger partial charge >= 0.3 is 10.2 Å². The van der Waals surface area contributed by atoms with Crippen molar-refractivity contribution in [2.24, 2.45) is 15.2 Å². The van der Waals surface area contributed by atoms with Crippen LogP contribution >= 0.6 is 0 Å². The van der Waals surface area contributed by atoms with Gasteiger partial charge in [-0.25, -0.2) is 5.01 Å². The number of amidine groups is 1. The van der Waals surface area contributed by atoms with Gasteiger partial charge in [0.15, 0.2) is 5.84 Å². The second kappa shape index (κ2) is 11.3. The molecule has 2 N–H and O–H groups in total. The SMILES string of the molecule is CCN(CCOC)S(=O)(=O)/N=C(\CN)N1CC(c2ccccc2)C(c2ccc([N+](=O)[O-])cc2)=N1. The van der Waals surface area contributed by atoms with Gasteiger partial charge in [0.25, 0.3) is 5.69 Å². The van der Waals surface area contributed by atoms with Gasteiger partial charge in [0.05, 0.1) is 30.3 Å². The average Bonchev–Trinajstić information content (AvgIpc) is 3.29. The van der Waals surface area contributed by atoms with Crippen LogP contribution < -0.4 is 5.73 Å². The lowest BCUT2D eigenvalue weighted by molar-refractivity contribution is -0.384. The summed E-state index contributed by atoms with van der Waals surface area (Å²) in [5.74, 6) is -0.105. The van der Waals surface area contributed by atoms with E-state index in [9.17, 15) is 18.5 Å². The van der Waals surface area contributed by atoms with E-state index in [1.165, 1.54) is 28.6 Å². The Balaban J connectivity index is 2.00. The van der Waals surface area contributed by atoms with Gasteiger partial charge in [-0.3, -0.25) is 10.1 Å². The summed E-state index contributed by atoms with van der Waals surface area (Å²) in [5.41, 5.74) is 8.18. The molecule has 2 aromatic carbocycles. The third-order valence-electron chi connectivity index (χ3n) is 5.41. The van der Waals surface area contributed by atoms with E-state index in [0.717, 1.165) is 5.56 Å². The van der Waals surface area contributed by atoms with Crippen molar-refractivity contribution in [1.29, 1.82) is 0 Å². The number of nitrogens with zero attached hydrogens (tertiary/aromatic N) is 5. The van der Waals surface area contributed by atoms with Crippen LogP contribution in [0.15, 0.2) is 64.1 Å². The van der Waals surface area contributed by atoms with Gasteiger partial charge in [0, 0.05) is 38.2 Å². The Morgan fingerprint density at radius 2 is 1.94 bits per heavy atom. The summed E-state index contributed by atoms with van der Waals surface area (Å²) in [6, 6.07) is 15.7. The Kier molecular flexibility index (Phi) is 8.45. The summed E-state index contributed by atoms with van der Waals surface area (Å²) in [6.07, 6.45) is 0. The van der Waals surface area contributed by atoms with Crippen molar-refractivity contribution >= 4 is 27.4 Å². The van der Waals surface area contributed by atoms with Crippen LogP contribution in [0.25, 0.3) is 0 Å². The van der Waals surface area contributed by atoms with E-state index in [2.05, 4.69) is 9.50 Å². The van der Waals surface area contributed by atoms with E-state index in [1.54, 1.807) is 19.1 Å². The summed E-state index contributed by atoms with van der Waals surface area (Å²) < 4.78 is 36.0. The summed E-state index contributed by atoms with van der Waals surface area (Å²) in [6.45, 7) is 2.54. The fourth-order valence-corrected chi connectivity index (χ4v) is 4.82. The van der Waals surface area contributed by atoms with Crippen LogP contribution in [-0.4, -0.2) is 74.1 Å². The molecule has 0 bridgehead atoms. The molecule has 2 aromatic rings. The molecular weight excluding hydrogens is 460 g/mol. The zero-order valence-corrected chi connectivity index (χ0v) is 19.9. The summed E-state index contributed by atoms with van der Waals surface area (Å²) in [7, 11) is -2.50. The minimum absolute atomic E-state index is 0.0264. The van der Waals surface area contributed by atoms with Crippen LogP contribution in [0, 0.1) is 10.1 Å². The zero-order chi connectivity index (χ0) is 24.7. The van der Waals surface area contributed by atoms with Crippen molar-refractivity contribution in [3.8, 4) is 0 Å². The van der Waals surface area contributed by atoms with Gasteiger partial charge in [-0.15, -0.1) is 4.40 Å². The van der Waals surface area contributed by atoms with Crippen LogP contribution in [0.2, 0.25) is 0 Å². The number of nitro groups is 1. The summed E-state index contributed by atoms with van der Waals surface area (Å²) >= 11 is 0. The van der Waals surface area contributed by atoms with Gasteiger partial charge in [-0.1, -0.05) is 37.3 Å². The molecule has 1 unspecified atom stereocenters. The number of likely N-dealkylation sites (N-methyl/N-ethyl adjacent to an activating group) is 1. The topological polar surface area (TPSA) is 144 Å². The van der Waals surface area contributed by atoms with Crippen LogP contribution in [-0.2, 0) is 14.9 Å². The molecule has 0 spiro atoms. The molecule has 0 saturated carbocycles. The Labute approximate surface area is 198 Å². The predicted molar refractivity (Wildman–Crippen MR) is 130 cm³/mol. The third-order valence-corrected chi connectivity index (χ3v) is 6.95. The molecule has 11 nitrogen and oxygen atoms in total. The maximum Gasteiger partial charge on any atom is 0.324 e. The van der Waals surface area contributed by atoms with Crippen molar-refractivity contribution in [3.63, 3.8) is 0 Å². The molecule has 34 heavy (non-hydrogen) atoms. The third kappa shape index (κ3) is 5.83. The molecule has 12 heteroatoms. The highest BCUT2D eigenvalue weighted by molar-refractivity contribution is 7.87. The molecule has 0 fully saturated rings. The molecule has 0 saturated heterocycles. The first-order chi connectivity index (χ1) is 16.3. The Morgan fingerprint density at radius 3 is 2.50 bits per heavy atom. The normalized spacial score (nSPS) is 16.7. The lowest BCUT2D eigenvalue weighted by atomic mass is 9.90. The molecule has 1 heterocycles. The Morgan fingerprint density at radius 1 is 1.26 bits per heavy atom. The molecule has 0 amide bonds. The smallest absolute Gasteiger partial charge is 0.324 e. The number of non-ortho nitro benzene ring substituents is 1. The standard InChI is InChI=1S/C22H28N6O5S/c1-3-26(13-14-33-2)34(31,32)25-21(15-23)27-16-20(17-7-5-4-6-8-17)22(24-27)18-9-11-19(12-10-18)28(29)30/h4-12,20H,3,13-16,23H2,1-2H3/b25-21+. The number of rotatable bonds is 10. The van der Waals surface area contributed by atoms with Gasteiger partial charge in [-0.05, 0) is 23.3 Å². The summed E-state index contributed by atoms with van der Waals surface area (Å²) in [5, 5.41) is 17.2. The minimum Gasteiger partial charge on any atom is -0.383 e. The van der Waals surface area contributed by atoms with Crippen molar-refractivity contribution in [3.05, 3.63) is 75.8 Å². The second-order valence-corrected chi connectivity index (χ2v) is 9.10. The van der Waals surface area contributed by atoms with Crippen molar-refractivity contribution < 1.29 is 18.1 Å². The highest BCUT2D eigenvalue weighted by Crippen LogP contribution is 2.30. The van der Waals surface area contributed by atoms with Crippen molar-refractivity contribution in [2.45, 2.75) is 12.8 Å². The fourth-order valence-electron chi connectivity index (χ4n) is 3.63. The number of nitro benzene ring substituents is 1. The number of hydrazone groups is 1. The van der Waals surface area contributed by atoms with Gasteiger partial charge < -0.3 is 10.5 Å². The maximum atomic E-state index is 12.9. The van der Waals surface area contributed by atoms with Crippen LogP contribution in [0.3, 0.4) is 0 Å². The maximum absolute atomic E-state index is 12.9. The number of benzene rings is 2. The first-order valence-corrected chi connectivity index (χ1v) is 12.1. The van der Waals surface area contributed by atoms with E-state index in [1.807, 2.05) is 30.3 Å². The van der Waals surface area contributed by atoms with Gasteiger partial charge in [0.1, 0.15) is 0 Å². The van der Waals surface area contributed by atoms with Crippen molar-refractivity contribution in [2.75, 3.05) is 39.9 Å². The van der Waals surface area contributed by atoms with E-state index < -0.39 is 15.1 Å². The van der Waals surface area contributed by atoms with Crippen LogP contribution in [0.1, 0.15) is 24.0 Å². The molecule has 0 aromatic heterocycles. The van der Waals surface area contributed by atoms with Gasteiger partial charge in [-0.2, -0.15) is 17.8 Å². The number of nitrogens with two attached hydrogens (primary N) is 1. The monoisotopic (exact) mass is 488 g/mol. The Bertz CT molecular complexity index is 1150. The molecule has 1 atom stereocenters. The fraction of sp³-hybridized carbons (Fsp3) is 0.364. The minimum atomic E-state index is -4.00. The zero-order valence-electron chi connectivity index (χ0n) is 19.1. The second-order valence-electron chi connectivity index (χ2n) is 7.51. The van der Waals surface area contributed by atoms with E-state index >= 15 is 0 Å². The average molecular weight is 489 g/mol. The van der Waals surface area contributed by atoms with E-state index in [4.69, 9.17) is 10.5 Å². The molecular formula is C22H28N6O5S. The summed E-state index contributed by atoms with van der Waals surface area (Å²) in [4.78, 5) is 10.6. The van der Waals surface area contributed by atoms with Crippen LogP contribution in [0.5, 0.6) is 0 Å². The Hall–Kier alpha value is -3.19. The number of hydrogen-bond acceptors (Lipinski definition) is 7. The lowest BCUT2D eigenvalue weighted by Gasteiger charge is -2.20. The van der Waals surface area contributed by atoms with Crippen molar-refractivity contribution in [1.82, 2.24) is 9.31 Å². The molecule has 1 aliphatic rings. The lowest BCUT2D eigenvalue weighted by Crippen LogP contribution is -2.37.